The number of hydrogen-bond donors (Lipinski definition) is 2. The van der Waals surface area contributed by atoms with Crippen LogP contribution in [0.3, 0.4) is 0 Å². The summed E-state index contributed by atoms with van der Waals surface area (Å²) in [5, 5.41) is 23.5. The molecule has 2 N–H and O–H groups in total. The molecule has 3 rings (SSSR count). The number of nitrogens with zero attached hydrogens (tertiary/aromatic N) is 2. The Morgan fingerprint density at radius 3 is 2.95 bits per heavy atom. The summed E-state index contributed by atoms with van der Waals surface area (Å²) in [6.45, 7) is 0. The van der Waals surface area contributed by atoms with Crippen molar-refractivity contribution in [2.45, 2.75) is 24.5 Å². The van der Waals surface area contributed by atoms with E-state index in [0.717, 1.165) is 12.2 Å². The molecular formula is C13H14N2O3S. The number of phenols is 2. The normalized spacial score (nSPS) is 19.5. The zero-order chi connectivity index (χ0) is 13.2. The Labute approximate surface area is 114 Å². The number of aromatic hydroxyl groups is 2. The molecule has 2 aromatic rings. The zero-order valence-electron chi connectivity index (χ0n) is 10.2. The Balaban J connectivity index is 1.90. The van der Waals surface area contributed by atoms with Crippen LogP contribution in [0.1, 0.15) is 30.3 Å². The van der Waals surface area contributed by atoms with Crippen molar-refractivity contribution in [1.82, 2.24) is 10.1 Å². The summed E-state index contributed by atoms with van der Waals surface area (Å²) >= 11 is 1.84. The molecule has 5 nitrogen and oxygen atoms in total. The van der Waals surface area contributed by atoms with Crippen LogP contribution >= 0.6 is 11.8 Å². The molecule has 1 saturated heterocycles. The number of benzene rings is 1. The Hall–Kier alpha value is -1.69. The van der Waals surface area contributed by atoms with E-state index in [1.165, 1.54) is 18.9 Å². The van der Waals surface area contributed by atoms with Gasteiger partial charge in [0, 0.05) is 0 Å². The highest BCUT2D eigenvalue weighted by Crippen LogP contribution is 2.39. The summed E-state index contributed by atoms with van der Waals surface area (Å²) in [5.74, 6) is 1.61. The van der Waals surface area contributed by atoms with Gasteiger partial charge in [0.05, 0.1) is 10.8 Å². The molecule has 0 radical (unpaired) electrons. The lowest BCUT2D eigenvalue weighted by atomic mass is 10.1. The summed E-state index contributed by atoms with van der Waals surface area (Å²) in [5.41, 5.74) is 0.361. The van der Waals surface area contributed by atoms with Crippen molar-refractivity contribution in [3.63, 3.8) is 0 Å². The number of aromatic nitrogens is 2. The SMILES string of the molecule is Oc1cccc(-c2nc(C3CCCCS3)no2)c1O. The monoisotopic (exact) mass is 278 g/mol. The van der Waals surface area contributed by atoms with Gasteiger partial charge < -0.3 is 14.7 Å². The van der Waals surface area contributed by atoms with Gasteiger partial charge in [-0.2, -0.15) is 16.7 Å². The second-order valence-corrected chi connectivity index (χ2v) is 5.80. The summed E-state index contributed by atoms with van der Waals surface area (Å²) in [4.78, 5) is 4.34. The van der Waals surface area contributed by atoms with Crippen LogP contribution in [0, 0.1) is 0 Å². The van der Waals surface area contributed by atoms with Gasteiger partial charge in [-0.1, -0.05) is 17.6 Å². The number of thioether (sulfide) groups is 1. The molecule has 1 aromatic carbocycles. The topological polar surface area (TPSA) is 79.4 Å². The first kappa shape index (κ1) is 12.3. The van der Waals surface area contributed by atoms with Crippen molar-refractivity contribution in [2.75, 3.05) is 5.75 Å². The van der Waals surface area contributed by atoms with Crippen molar-refractivity contribution in [3.8, 4) is 23.0 Å². The Bertz CT molecular complexity index is 579. The van der Waals surface area contributed by atoms with Crippen LogP contribution in [0.4, 0.5) is 0 Å². The van der Waals surface area contributed by atoms with Crippen molar-refractivity contribution < 1.29 is 14.7 Å². The van der Waals surface area contributed by atoms with Crippen LogP contribution < -0.4 is 0 Å². The van der Waals surface area contributed by atoms with Gasteiger partial charge in [-0.05, 0) is 30.7 Å². The van der Waals surface area contributed by atoms with Gasteiger partial charge in [-0.25, -0.2) is 0 Å². The van der Waals surface area contributed by atoms with E-state index in [4.69, 9.17) is 4.52 Å². The molecule has 1 atom stereocenters. The Morgan fingerprint density at radius 2 is 2.16 bits per heavy atom. The van der Waals surface area contributed by atoms with Crippen molar-refractivity contribution >= 4 is 11.8 Å². The molecule has 0 spiro atoms. The third-order valence-electron chi connectivity index (χ3n) is 3.15. The highest BCUT2D eigenvalue weighted by atomic mass is 32.2. The summed E-state index contributed by atoms with van der Waals surface area (Å²) < 4.78 is 5.19. The lowest BCUT2D eigenvalue weighted by molar-refractivity contribution is 0.395. The van der Waals surface area contributed by atoms with Gasteiger partial charge in [-0.3, -0.25) is 0 Å². The molecule has 0 aliphatic carbocycles. The van der Waals surface area contributed by atoms with E-state index >= 15 is 0 Å². The molecule has 19 heavy (non-hydrogen) atoms. The van der Waals surface area contributed by atoms with Crippen LogP contribution in [0.5, 0.6) is 11.5 Å². The maximum atomic E-state index is 9.79. The van der Waals surface area contributed by atoms with Gasteiger partial charge in [0.2, 0.25) is 0 Å². The number of hydrogen-bond acceptors (Lipinski definition) is 6. The molecule has 0 amide bonds. The van der Waals surface area contributed by atoms with Crippen LogP contribution in [0.15, 0.2) is 22.7 Å². The fraction of sp³-hybridized carbons (Fsp3) is 0.385. The third kappa shape index (κ3) is 2.40. The molecule has 0 saturated carbocycles. The maximum absolute atomic E-state index is 9.79. The average molecular weight is 278 g/mol. The van der Waals surface area contributed by atoms with E-state index < -0.39 is 0 Å². The van der Waals surface area contributed by atoms with E-state index in [1.807, 2.05) is 11.8 Å². The fourth-order valence-electron chi connectivity index (χ4n) is 2.12. The van der Waals surface area contributed by atoms with Crippen LogP contribution in [-0.4, -0.2) is 26.1 Å². The van der Waals surface area contributed by atoms with Gasteiger partial charge in [0.1, 0.15) is 0 Å². The fourth-order valence-corrected chi connectivity index (χ4v) is 3.36. The van der Waals surface area contributed by atoms with E-state index in [2.05, 4.69) is 10.1 Å². The lowest BCUT2D eigenvalue weighted by Crippen LogP contribution is -2.03. The largest absolute Gasteiger partial charge is 0.504 e. The molecular weight excluding hydrogens is 264 g/mol. The second kappa shape index (κ2) is 5.13. The first-order chi connectivity index (χ1) is 9.25. The van der Waals surface area contributed by atoms with Gasteiger partial charge in [0.15, 0.2) is 17.3 Å². The average Bonchev–Trinajstić information content (AvgIpc) is 2.92. The standard InChI is InChI=1S/C13H14N2O3S/c16-9-5-3-4-8(11(9)17)13-14-12(15-18-13)10-6-1-2-7-19-10/h3-5,10,16-17H,1-2,6-7H2. The Kier molecular flexibility index (Phi) is 3.33. The van der Waals surface area contributed by atoms with Crippen LogP contribution in [0.25, 0.3) is 11.5 Å². The summed E-state index contributed by atoms with van der Waals surface area (Å²) in [6, 6.07) is 4.68. The molecule has 1 unspecified atom stereocenters. The predicted molar refractivity (Wildman–Crippen MR) is 72.1 cm³/mol. The second-order valence-electron chi connectivity index (χ2n) is 4.49. The number of phenolic OH excluding ortho intramolecular Hbond substituents is 2. The lowest BCUT2D eigenvalue weighted by Gasteiger charge is -2.17. The van der Waals surface area contributed by atoms with Crippen LogP contribution in [-0.2, 0) is 0 Å². The first-order valence-corrected chi connectivity index (χ1v) is 7.27. The number of para-hydroxylation sites is 1. The third-order valence-corrected chi connectivity index (χ3v) is 4.53. The molecule has 1 aromatic heterocycles. The minimum Gasteiger partial charge on any atom is -0.504 e. The smallest absolute Gasteiger partial charge is 0.261 e. The molecule has 1 fully saturated rings. The van der Waals surface area contributed by atoms with E-state index in [-0.39, 0.29) is 22.6 Å². The molecule has 0 bridgehead atoms. The maximum Gasteiger partial charge on any atom is 0.261 e. The first-order valence-electron chi connectivity index (χ1n) is 6.22. The molecule has 6 heteroatoms. The van der Waals surface area contributed by atoms with E-state index in [1.54, 1.807) is 12.1 Å². The van der Waals surface area contributed by atoms with Gasteiger partial charge in [-0.15, -0.1) is 0 Å². The summed E-state index contributed by atoms with van der Waals surface area (Å²) in [7, 11) is 0. The number of rotatable bonds is 2. The van der Waals surface area contributed by atoms with Gasteiger partial charge in [0.25, 0.3) is 5.89 Å². The molecule has 1 aliphatic heterocycles. The quantitative estimate of drug-likeness (QED) is 0.822. The highest BCUT2D eigenvalue weighted by Gasteiger charge is 2.23. The van der Waals surface area contributed by atoms with Crippen molar-refractivity contribution in [3.05, 3.63) is 24.0 Å². The minimum absolute atomic E-state index is 0.190. The highest BCUT2D eigenvalue weighted by molar-refractivity contribution is 7.99. The molecule has 1 aliphatic rings. The van der Waals surface area contributed by atoms with E-state index in [9.17, 15) is 10.2 Å². The summed E-state index contributed by atoms with van der Waals surface area (Å²) in [6.07, 6.45) is 3.47. The molecule has 2 heterocycles. The van der Waals surface area contributed by atoms with Crippen molar-refractivity contribution in [2.24, 2.45) is 0 Å². The predicted octanol–water partition coefficient (Wildman–Crippen LogP) is 3.11. The minimum atomic E-state index is -0.228. The van der Waals surface area contributed by atoms with Gasteiger partial charge >= 0.3 is 0 Å². The zero-order valence-corrected chi connectivity index (χ0v) is 11.1. The molecule has 100 valence electrons. The Morgan fingerprint density at radius 1 is 1.26 bits per heavy atom. The van der Waals surface area contributed by atoms with Crippen molar-refractivity contribution in [1.29, 1.82) is 0 Å². The van der Waals surface area contributed by atoms with E-state index in [0.29, 0.717) is 11.4 Å². The van der Waals surface area contributed by atoms with Crippen LogP contribution in [0.2, 0.25) is 0 Å².